The minimum Gasteiger partial charge on any atom is -0.485 e. The van der Waals surface area contributed by atoms with Crippen LogP contribution >= 0.6 is 34.5 Å². The molecule has 5 nitrogen and oxygen atoms in total. The van der Waals surface area contributed by atoms with Crippen molar-refractivity contribution in [1.29, 1.82) is 0 Å². The Morgan fingerprint density at radius 3 is 2.88 bits per heavy atom. The monoisotopic (exact) mass is 290 g/mol. The lowest BCUT2D eigenvalue weighted by Crippen LogP contribution is -2.05. The molecule has 0 aliphatic carbocycles. The first-order valence-corrected chi connectivity index (χ1v) is 6.13. The van der Waals surface area contributed by atoms with E-state index in [2.05, 4.69) is 15.6 Å². The molecule has 17 heavy (non-hydrogen) atoms. The standard InChI is InChI=1S/C9H8Cl2N4OS/c10-5-1-2-6(11)7(3-5)16-4-8-14-15-9(13-12)17-8/h1-3H,4,12H2,(H,13,15). The van der Waals surface area contributed by atoms with Crippen LogP contribution in [0.1, 0.15) is 5.01 Å². The first kappa shape index (κ1) is 12.4. The molecule has 0 aliphatic heterocycles. The summed E-state index contributed by atoms with van der Waals surface area (Å²) in [5.74, 6) is 5.70. The average Bonchev–Trinajstić information content (AvgIpc) is 2.78. The summed E-state index contributed by atoms with van der Waals surface area (Å²) >= 11 is 13.1. The number of nitrogens with one attached hydrogen (secondary N) is 1. The summed E-state index contributed by atoms with van der Waals surface area (Å²) in [6.07, 6.45) is 0. The van der Waals surface area contributed by atoms with Gasteiger partial charge in [0.1, 0.15) is 12.4 Å². The van der Waals surface area contributed by atoms with Crippen LogP contribution in [0.4, 0.5) is 5.13 Å². The van der Waals surface area contributed by atoms with E-state index in [9.17, 15) is 0 Å². The molecule has 1 aromatic carbocycles. The maximum absolute atomic E-state index is 5.95. The highest BCUT2D eigenvalue weighted by Crippen LogP contribution is 2.28. The maximum Gasteiger partial charge on any atom is 0.219 e. The van der Waals surface area contributed by atoms with E-state index in [0.29, 0.717) is 25.9 Å². The van der Waals surface area contributed by atoms with Crippen molar-refractivity contribution < 1.29 is 4.74 Å². The third-order valence-electron chi connectivity index (χ3n) is 1.83. The fourth-order valence-corrected chi connectivity index (χ4v) is 2.00. The SMILES string of the molecule is NNc1nnc(COc2cc(Cl)ccc2Cl)s1. The Kier molecular flexibility index (Phi) is 4.01. The lowest BCUT2D eigenvalue weighted by Gasteiger charge is -2.05. The molecule has 1 heterocycles. The van der Waals surface area contributed by atoms with E-state index >= 15 is 0 Å². The zero-order valence-corrected chi connectivity index (χ0v) is 10.8. The number of hydrogen-bond donors (Lipinski definition) is 2. The van der Waals surface area contributed by atoms with Gasteiger partial charge in [-0.2, -0.15) is 0 Å². The highest BCUT2D eigenvalue weighted by Gasteiger charge is 2.06. The number of anilines is 1. The molecule has 0 atom stereocenters. The Bertz CT molecular complexity index is 519. The Hall–Kier alpha value is -1.08. The molecule has 0 saturated carbocycles. The number of hydrazine groups is 1. The van der Waals surface area contributed by atoms with Crippen molar-refractivity contribution in [2.24, 2.45) is 5.84 Å². The zero-order valence-electron chi connectivity index (χ0n) is 8.48. The van der Waals surface area contributed by atoms with Gasteiger partial charge in [0.2, 0.25) is 5.13 Å². The minimum atomic E-state index is 0.263. The van der Waals surface area contributed by atoms with Crippen LogP contribution in [0.5, 0.6) is 5.75 Å². The molecule has 0 saturated heterocycles. The summed E-state index contributed by atoms with van der Waals surface area (Å²) < 4.78 is 5.48. The van der Waals surface area contributed by atoms with Gasteiger partial charge in [-0.05, 0) is 12.1 Å². The van der Waals surface area contributed by atoms with Crippen molar-refractivity contribution in [3.63, 3.8) is 0 Å². The van der Waals surface area contributed by atoms with Crippen molar-refractivity contribution >= 4 is 39.7 Å². The van der Waals surface area contributed by atoms with Gasteiger partial charge in [-0.1, -0.05) is 34.5 Å². The maximum atomic E-state index is 5.95. The topological polar surface area (TPSA) is 73.1 Å². The van der Waals surface area contributed by atoms with Crippen LogP contribution < -0.4 is 16.0 Å². The number of nitrogen functional groups attached to an aromatic ring is 1. The van der Waals surface area contributed by atoms with E-state index in [1.54, 1.807) is 18.2 Å². The number of halogens is 2. The Morgan fingerprint density at radius 2 is 2.18 bits per heavy atom. The van der Waals surface area contributed by atoms with Crippen LogP contribution in [-0.4, -0.2) is 10.2 Å². The number of benzene rings is 1. The zero-order chi connectivity index (χ0) is 12.3. The van der Waals surface area contributed by atoms with Crippen LogP contribution in [0.25, 0.3) is 0 Å². The summed E-state index contributed by atoms with van der Waals surface area (Å²) in [5.41, 5.74) is 2.41. The van der Waals surface area contributed by atoms with Crippen LogP contribution in [0, 0.1) is 0 Å². The van der Waals surface area contributed by atoms with Crippen molar-refractivity contribution in [3.8, 4) is 5.75 Å². The fourth-order valence-electron chi connectivity index (χ4n) is 1.10. The van der Waals surface area contributed by atoms with Crippen LogP contribution in [0.2, 0.25) is 10.0 Å². The molecule has 2 aromatic rings. The Labute approximate surface area is 111 Å². The number of nitrogens with zero attached hydrogens (tertiary/aromatic N) is 2. The van der Waals surface area contributed by atoms with Crippen molar-refractivity contribution in [1.82, 2.24) is 10.2 Å². The van der Waals surface area contributed by atoms with E-state index in [1.807, 2.05) is 0 Å². The van der Waals surface area contributed by atoms with E-state index in [-0.39, 0.29) is 6.61 Å². The molecule has 8 heteroatoms. The predicted molar refractivity (Wildman–Crippen MR) is 68.5 cm³/mol. The Balaban J connectivity index is 2.04. The smallest absolute Gasteiger partial charge is 0.219 e. The lowest BCUT2D eigenvalue weighted by molar-refractivity contribution is 0.305. The fraction of sp³-hybridized carbons (Fsp3) is 0.111. The normalized spacial score (nSPS) is 10.3. The van der Waals surface area contributed by atoms with Gasteiger partial charge in [-0.3, -0.25) is 5.43 Å². The minimum absolute atomic E-state index is 0.263. The van der Waals surface area contributed by atoms with Gasteiger partial charge in [0.15, 0.2) is 5.01 Å². The van der Waals surface area contributed by atoms with Gasteiger partial charge in [0.05, 0.1) is 5.02 Å². The molecule has 0 radical (unpaired) electrons. The summed E-state index contributed by atoms with van der Waals surface area (Å²) in [7, 11) is 0. The van der Waals surface area contributed by atoms with Crippen molar-refractivity contribution in [2.45, 2.75) is 6.61 Å². The summed E-state index contributed by atoms with van der Waals surface area (Å²) in [6.45, 7) is 0.263. The van der Waals surface area contributed by atoms with Crippen molar-refractivity contribution in [3.05, 3.63) is 33.3 Å². The number of hydrogen-bond acceptors (Lipinski definition) is 6. The summed E-state index contributed by atoms with van der Waals surface area (Å²) in [4.78, 5) is 0. The Morgan fingerprint density at radius 1 is 1.35 bits per heavy atom. The van der Waals surface area contributed by atoms with Gasteiger partial charge in [0.25, 0.3) is 0 Å². The average molecular weight is 291 g/mol. The van der Waals surface area contributed by atoms with Crippen molar-refractivity contribution in [2.75, 3.05) is 5.43 Å². The number of nitrogens with two attached hydrogens (primary N) is 1. The highest BCUT2D eigenvalue weighted by atomic mass is 35.5. The molecule has 0 unspecified atom stereocenters. The largest absolute Gasteiger partial charge is 0.485 e. The van der Waals surface area contributed by atoms with Crippen LogP contribution in [-0.2, 0) is 6.61 Å². The molecular weight excluding hydrogens is 283 g/mol. The quantitative estimate of drug-likeness (QED) is 0.669. The van der Waals surface area contributed by atoms with E-state index in [1.165, 1.54) is 11.3 Å². The van der Waals surface area contributed by atoms with Gasteiger partial charge in [0, 0.05) is 11.1 Å². The van der Waals surface area contributed by atoms with E-state index in [0.717, 1.165) is 0 Å². The molecule has 0 bridgehead atoms. The second-order valence-corrected chi connectivity index (χ2v) is 4.91. The molecule has 2 rings (SSSR count). The highest BCUT2D eigenvalue weighted by molar-refractivity contribution is 7.15. The number of aromatic nitrogens is 2. The molecular formula is C9H8Cl2N4OS. The molecule has 0 amide bonds. The lowest BCUT2D eigenvalue weighted by atomic mass is 10.3. The van der Waals surface area contributed by atoms with E-state index in [4.69, 9.17) is 33.8 Å². The first-order valence-electron chi connectivity index (χ1n) is 4.56. The predicted octanol–water partition coefficient (Wildman–Crippen LogP) is 2.71. The third-order valence-corrected chi connectivity index (χ3v) is 3.21. The second-order valence-electron chi connectivity index (χ2n) is 3.01. The summed E-state index contributed by atoms with van der Waals surface area (Å²) in [6, 6.07) is 5.01. The summed E-state index contributed by atoms with van der Waals surface area (Å²) in [5, 5.41) is 9.93. The van der Waals surface area contributed by atoms with Gasteiger partial charge < -0.3 is 4.74 Å². The molecule has 0 aliphatic rings. The van der Waals surface area contributed by atoms with Crippen LogP contribution in [0.3, 0.4) is 0 Å². The third kappa shape index (κ3) is 3.19. The molecule has 1 aromatic heterocycles. The molecule has 90 valence electrons. The number of rotatable bonds is 4. The van der Waals surface area contributed by atoms with Gasteiger partial charge >= 0.3 is 0 Å². The molecule has 0 fully saturated rings. The van der Waals surface area contributed by atoms with Gasteiger partial charge in [-0.25, -0.2) is 5.84 Å². The van der Waals surface area contributed by atoms with E-state index < -0.39 is 0 Å². The molecule has 3 N–H and O–H groups in total. The second kappa shape index (κ2) is 5.50. The van der Waals surface area contributed by atoms with Crippen LogP contribution in [0.15, 0.2) is 18.2 Å². The van der Waals surface area contributed by atoms with Gasteiger partial charge in [-0.15, -0.1) is 10.2 Å². The number of ether oxygens (including phenoxy) is 1. The molecule has 0 spiro atoms. The first-order chi connectivity index (χ1) is 8.19.